The smallest absolute Gasteiger partial charge is 0.122 e. The maximum absolute atomic E-state index is 10.2. The molecule has 2 aromatic rings. The van der Waals surface area contributed by atoms with Gasteiger partial charge in [-0.1, -0.05) is 12.1 Å². The quantitative estimate of drug-likeness (QED) is 0.878. The Balaban J connectivity index is 2.34. The van der Waals surface area contributed by atoms with Crippen LogP contribution >= 0.6 is 0 Å². The summed E-state index contributed by atoms with van der Waals surface area (Å²) in [7, 11) is 3.45. The number of hydrogen-bond acceptors (Lipinski definition) is 3. The maximum Gasteiger partial charge on any atom is 0.122 e. The minimum atomic E-state index is -0.668. The van der Waals surface area contributed by atoms with E-state index >= 15 is 0 Å². The first-order chi connectivity index (χ1) is 8.11. The van der Waals surface area contributed by atoms with E-state index in [-0.39, 0.29) is 0 Å². The number of aliphatic hydroxyl groups excluding tert-OH is 1. The highest BCUT2D eigenvalue weighted by atomic mass is 16.5. The molecule has 0 amide bonds. The van der Waals surface area contributed by atoms with Crippen LogP contribution in [0.3, 0.4) is 0 Å². The Morgan fingerprint density at radius 1 is 1.35 bits per heavy atom. The van der Waals surface area contributed by atoms with Crippen LogP contribution in [-0.4, -0.2) is 22.0 Å². The molecule has 0 saturated carbocycles. The zero-order valence-electron chi connectivity index (χ0n) is 10.2. The Morgan fingerprint density at radius 3 is 2.71 bits per heavy atom. The van der Waals surface area contributed by atoms with E-state index in [0.717, 1.165) is 22.4 Å². The summed E-state index contributed by atoms with van der Waals surface area (Å²) in [5.74, 6) is 0.783. The molecular weight excluding hydrogens is 216 g/mol. The van der Waals surface area contributed by atoms with Gasteiger partial charge in [-0.15, -0.1) is 0 Å². The molecule has 1 aromatic carbocycles. The number of methoxy groups -OCH3 is 1. The highest BCUT2D eigenvalue weighted by molar-refractivity contribution is 5.39. The third-order valence-corrected chi connectivity index (χ3v) is 2.79. The zero-order valence-corrected chi connectivity index (χ0v) is 10.2. The minimum Gasteiger partial charge on any atom is -0.496 e. The van der Waals surface area contributed by atoms with Gasteiger partial charge in [0.2, 0.25) is 0 Å². The lowest BCUT2D eigenvalue weighted by Gasteiger charge is -2.12. The van der Waals surface area contributed by atoms with Crippen molar-refractivity contribution in [1.29, 1.82) is 0 Å². The molecule has 17 heavy (non-hydrogen) atoms. The van der Waals surface area contributed by atoms with E-state index in [1.165, 1.54) is 0 Å². The van der Waals surface area contributed by atoms with Crippen molar-refractivity contribution in [2.24, 2.45) is 7.05 Å². The highest BCUT2D eigenvalue weighted by Gasteiger charge is 2.13. The lowest BCUT2D eigenvalue weighted by atomic mass is 10.0. The van der Waals surface area contributed by atoms with Crippen LogP contribution in [0.1, 0.15) is 22.8 Å². The highest BCUT2D eigenvalue weighted by Crippen LogP contribution is 2.26. The third kappa shape index (κ3) is 2.31. The fourth-order valence-electron chi connectivity index (χ4n) is 1.78. The molecular formula is C13H16N2O2. The number of aryl methyl sites for hydroxylation is 2. The van der Waals surface area contributed by atoms with Crippen LogP contribution in [0, 0.1) is 6.92 Å². The molecule has 4 nitrogen and oxygen atoms in total. The first kappa shape index (κ1) is 11.7. The largest absolute Gasteiger partial charge is 0.496 e. The summed E-state index contributed by atoms with van der Waals surface area (Å²) in [6.45, 7) is 1.97. The molecule has 0 saturated heterocycles. The average Bonchev–Trinajstić information content (AvgIpc) is 2.75. The van der Waals surface area contributed by atoms with Gasteiger partial charge >= 0.3 is 0 Å². The van der Waals surface area contributed by atoms with Gasteiger partial charge in [-0.2, -0.15) is 5.10 Å². The maximum atomic E-state index is 10.2. The van der Waals surface area contributed by atoms with Crippen molar-refractivity contribution in [1.82, 2.24) is 9.78 Å². The SMILES string of the molecule is COc1cc(C(O)c2cnn(C)c2)ccc1C. The molecule has 90 valence electrons. The number of aromatic nitrogens is 2. The van der Waals surface area contributed by atoms with Gasteiger partial charge in [0.05, 0.1) is 13.3 Å². The van der Waals surface area contributed by atoms with Crippen LogP contribution in [0.25, 0.3) is 0 Å². The second-order valence-corrected chi connectivity index (χ2v) is 4.08. The minimum absolute atomic E-state index is 0.668. The number of rotatable bonds is 3. The number of hydrogen-bond donors (Lipinski definition) is 1. The van der Waals surface area contributed by atoms with Gasteiger partial charge in [0.25, 0.3) is 0 Å². The van der Waals surface area contributed by atoms with Crippen LogP contribution in [-0.2, 0) is 7.05 Å². The first-order valence-corrected chi connectivity index (χ1v) is 5.43. The molecule has 0 fully saturated rings. The van der Waals surface area contributed by atoms with Crippen molar-refractivity contribution in [3.8, 4) is 5.75 Å². The molecule has 0 aliphatic heterocycles. The molecule has 1 N–H and O–H groups in total. The van der Waals surface area contributed by atoms with Crippen LogP contribution in [0.5, 0.6) is 5.75 Å². The van der Waals surface area contributed by atoms with Crippen LogP contribution in [0.4, 0.5) is 0 Å². The number of aliphatic hydroxyl groups is 1. The second kappa shape index (κ2) is 4.59. The summed E-state index contributed by atoms with van der Waals surface area (Å²) < 4.78 is 6.92. The molecule has 0 spiro atoms. The van der Waals surface area contributed by atoms with Crippen molar-refractivity contribution in [3.05, 3.63) is 47.3 Å². The Labute approximate surface area is 100 Å². The molecule has 1 atom stereocenters. The fraction of sp³-hybridized carbons (Fsp3) is 0.308. The van der Waals surface area contributed by atoms with Crippen molar-refractivity contribution in [3.63, 3.8) is 0 Å². The van der Waals surface area contributed by atoms with E-state index in [0.29, 0.717) is 0 Å². The summed E-state index contributed by atoms with van der Waals surface area (Å²) in [5.41, 5.74) is 2.63. The standard InChI is InChI=1S/C13H16N2O2/c1-9-4-5-10(6-12(9)17-3)13(16)11-7-14-15(2)8-11/h4-8,13,16H,1-3H3. The molecule has 1 heterocycles. The predicted molar refractivity (Wildman–Crippen MR) is 65.0 cm³/mol. The third-order valence-electron chi connectivity index (χ3n) is 2.79. The summed E-state index contributed by atoms with van der Waals surface area (Å²) in [6, 6.07) is 5.69. The van der Waals surface area contributed by atoms with E-state index in [1.807, 2.05) is 32.2 Å². The number of nitrogens with zero attached hydrogens (tertiary/aromatic N) is 2. The van der Waals surface area contributed by atoms with Gasteiger partial charge in [-0.3, -0.25) is 4.68 Å². The monoisotopic (exact) mass is 232 g/mol. The van der Waals surface area contributed by atoms with Crippen molar-refractivity contribution < 1.29 is 9.84 Å². The lowest BCUT2D eigenvalue weighted by Crippen LogP contribution is -1.99. The molecule has 0 aliphatic carbocycles. The number of ether oxygens (including phenoxy) is 1. The van der Waals surface area contributed by atoms with Gasteiger partial charge in [-0.05, 0) is 24.1 Å². The van der Waals surface area contributed by atoms with Crippen LogP contribution in [0.15, 0.2) is 30.6 Å². The summed E-state index contributed by atoms with van der Waals surface area (Å²) >= 11 is 0. The van der Waals surface area contributed by atoms with E-state index in [1.54, 1.807) is 24.2 Å². The zero-order chi connectivity index (χ0) is 12.4. The van der Waals surface area contributed by atoms with Gasteiger partial charge < -0.3 is 9.84 Å². The molecule has 0 aliphatic rings. The molecule has 4 heteroatoms. The van der Waals surface area contributed by atoms with Crippen molar-refractivity contribution in [2.75, 3.05) is 7.11 Å². The Kier molecular flexibility index (Phi) is 3.15. The van der Waals surface area contributed by atoms with E-state index < -0.39 is 6.10 Å². The topological polar surface area (TPSA) is 47.3 Å². The first-order valence-electron chi connectivity index (χ1n) is 5.43. The molecule has 0 radical (unpaired) electrons. The van der Waals surface area contributed by atoms with Gasteiger partial charge in [0.15, 0.2) is 0 Å². The molecule has 2 rings (SSSR count). The van der Waals surface area contributed by atoms with Gasteiger partial charge in [0.1, 0.15) is 11.9 Å². The summed E-state index contributed by atoms with van der Waals surface area (Å²) in [4.78, 5) is 0. The Hall–Kier alpha value is -1.81. The molecule has 0 bridgehead atoms. The second-order valence-electron chi connectivity index (χ2n) is 4.08. The average molecular weight is 232 g/mol. The van der Waals surface area contributed by atoms with E-state index in [4.69, 9.17) is 4.74 Å². The predicted octanol–water partition coefficient (Wildman–Crippen LogP) is 1.82. The van der Waals surface area contributed by atoms with Gasteiger partial charge in [0, 0.05) is 18.8 Å². The van der Waals surface area contributed by atoms with Crippen molar-refractivity contribution >= 4 is 0 Å². The summed E-state index contributed by atoms with van der Waals surface area (Å²) in [6.07, 6.45) is 2.80. The van der Waals surface area contributed by atoms with E-state index in [9.17, 15) is 5.11 Å². The summed E-state index contributed by atoms with van der Waals surface area (Å²) in [5, 5.41) is 14.3. The van der Waals surface area contributed by atoms with Crippen LogP contribution in [0.2, 0.25) is 0 Å². The Morgan fingerprint density at radius 2 is 2.12 bits per heavy atom. The lowest BCUT2D eigenvalue weighted by molar-refractivity contribution is 0.219. The van der Waals surface area contributed by atoms with Crippen LogP contribution < -0.4 is 4.74 Å². The normalized spacial score (nSPS) is 12.5. The van der Waals surface area contributed by atoms with Crippen molar-refractivity contribution in [2.45, 2.75) is 13.0 Å². The van der Waals surface area contributed by atoms with E-state index in [2.05, 4.69) is 5.10 Å². The molecule has 1 aromatic heterocycles. The Bertz CT molecular complexity index is 520. The van der Waals surface area contributed by atoms with Gasteiger partial charge in [-0.25, -0.2) is 0 Å². The number of benzene rings is 1. The fourth-order valence-corrected chi connectivity index (χ4v) is 1.78. The molecule has 1 unspecified atom stereocenters.